The molecule has 1 unspecified atom stereocenters. The Morgan fingerprint density at radius 1 is 1.53 bits per heavy atom. The van der Waals surface area contributed by atoms with Gasteiger partial charge in [-0.3, -0.25) is 4.98 Å². The average Bonchev–Trinajstić information content (AvgIpc) is 2.39. The number of carboxylic acid groups (broad SMARTS) is 1. The van der Waals surface area contributed by atoms with Gasteiger partial charge in [-0.2, -0.15) is 0 Å². The molecule has 2 N–H and O–H groups in total. The summed E-state index contributed by atoms with van der Waals surface area (Å²) in [5, 5.41) is 11.4. The van der Waals surface area contributed by atoms with Crippen molar-refractivity contribution in [1.82, 2.24) is 10.3 Å². The van der Waals surface area contributed by atoms with Gasteiger partial charge in [-0.15, -0.1) is 0 Å². The van der Waals surface area contributed by atoms with E-state index in [9.17, 15) is 9.59 Å². The molecule has 0 aromatic carbocycles. The third-order valence-electron chi connectivity index (χ3n) is 2.48. The first-order valence-electron chi connectivity index (χ1n) is 6.18. The van der Waals surface area contributed by atoms with E-state index in [-0.39, 0.29) is 6.42 Å². The van der Waals surface area contributed by atoms with Crippen molar-refractivity contribution in [2.24, 2.45) is 0 Å². The third-order valence-corrected chi connectivity index (χ3v) is 2.48. The van der Waals surface area contributed by atoms with Gasteiger partial charge in [0.25, 0.3) is 0 Å². The summed E-state index contributed by atoms with van der Waals surface area (Å²) in [5.74, 6) is -1.10. The van der Waals surface area contributed by atoms with E-state index in [1.54, 1.807) is 24.5 Å². The molecule has 0 bridgehead atoms. The lowest BCUT2D eigenvalue weighted by Crippen LogP contribution is -2.42. The molecule has 1 atom stereocenters. The van der Waals surface area contributed by atoms with Crippen LogP contribution in [-0.4, -0.2) is 34.8 Å². The van der Waals surface area contributed by atoms with Gasteiger partial charge in [0.2, 0.25) is 0 Å². The van der Waals surface area contributed by atoms with Crippen LogP contribution in [0.1, 0.15) is 25.3 Å². The van der Waals surface area contributed by atoms with Crippen LogP contribution in [0.4, 0.5) is 4.79 Å². The molecule has 6 nitrogen and oxygen atoms in total. The van der Waals surface area contributed by atoms with Gasteiger partial charge in [0, 0.05) is 18.8 Å². The van der Waals surface area contributed by atoms with E-state index < -0.39 is 18.1 Å². The first-order valence-corrected chi connectivity index (χ1v) is 6.18. The maximum atomic E-state index is 11.4. The first kappa shape index (κ1) is 14.9. The molecule has 1 rings (SSSR count). The number of pyridine rings is 1. The molecule has 0 aliphatic carbocycles. The standard InChI is InChI=1S/C13H18N2O4/c1-2-3-7-19-13(18)15-11(12(16)17)8-10-5-4-6-14-9-10/h4-6,9,11H,2-3,7-8H2,1H3,(H,15,18)(H,16,17). The molecule has 0 saturated carbocycles. The molecule has 1 amide bonds. The van der Waals surface area contributed by atoms with E-state index in [2.05, 4.69) is 10.3 Å². The number of alkyl carbamates (subject to hydrolysis) is 1. The van der Waals surface area contributed by atoms with E-state index in [0.29, 0.717) is 6.61 Å². The number of carboxylic acids is 1. The molecule has 0 aliphatic rings. The highest BCUT2D eigenvalue weighted by Gasteiger charge is 2.21. The van der Waals surface area contributed by atoms with E-state index in [4.69, 9.17) is 9.84 Å². The number of aliphatic carboxylic acids is 1. The smallest absolute Gasteiger partial charge is 0.407 e. The molecule has 0 radical (unpaired) electrons. The first-order chi connectivity index (χ1) is 9.13. The number of nitrogens with zero attached hydrogens (tertiary/aromatic N) is 1. The SMILES string of the molecule is CCCCOC(=O)NC(Cc1cccnc1)C(=O)O. The molecular weight excluding hydrogens is 248 g/mol. The van der Waals surface area contributed by atoms with Crippen molar-refractivity contribution < 1.29 is 19.4 Å². The Labute approximate surface area is 111 Å². The molecule has 1 aromatic heterocycles. The van der Waals surface area contributed by atoms with Crippen LogP contribution in [0.25, 0.3) is 0 Å². The molecule has 6 heteroatoms. The highest BCUT2D eigenvalue weighted by molar-refractivity contribution is 5.80. The van der Waals surface area contributed by atoms with Gasteiger partial charge in [-0.05, 0) is 18.1 Å². The summed E-state index contributed by atoms with van der Waals surface area (Å²) in [6.45, 7) is 2.27. The Morgan fingerprint density at radius 3 is 2.89 bits per heavy atom. The van der Waals surface area contributed by atoms with E-state index in [1.807, 2.05) is 6.92 Å². The summed E-state index contributed by atoms with van der Waals surface area (Å²) >= 11 is 0. The second-order valence-corrected chi connectivity index (χ2v) is 4.09. The second-order valence-electron chi connectivity index (χ2n) is 4.09. The number of rotatable bonds is 7. The Morgan fingerprint density at radius 2 is 2.32 bits per heavy atom. The monoisotopic (exact) mass is 266 g/mol. The minimum absolute atomic E-state index is 0.173. The predicted octanol–water partition coefficient (Wildman–Crippen LogP) is 1.60. The molecule has 1 aromatic rings. The second kappa shape index (κ2) is 8.07. The number of amides is 1. The zero-order valence-corrected chi connectivity index (χ0v) is 10.8. The van der Waals surface area contributed by atoms with Crippen LogP contribution in [0.3, 0.4) is 0 Å². The summed E-state index contributed by atoms with van der Waals surface area (Å²) in [6, 6.07) is 2.46. The summed E-state index contributed by atoms with van der Waals surface area (Å²) in [5.41, 5.74) is 0.740. The normalized spacial score (nSPS) is 11.6. The van der Waals surface area contributed by atoms with Crippen molar-refractivity contribution >= 4 is 12.1 Å². The molecule has 0 spiro atoms. The summed E-state index contributed by atoms with van der Waals surface area (Å²) in [7, 11) is 0. The van der Waals surface area contributed by atoms with Gasteiger partial charge in [-0.1, -0.05) is 19.4 Å². The van der Waals surface area contributed by atoms with Crippen LogP contribution < -0.4 is 5.32 Å². The van der Waals surface area contributed by atoms with Crippen LogP contribution in [-0.2, 0) is 16.0 Å². The number of aromatic nitrogens is 1. The number of nitrogens with one attached hydrogen (secondary N) is 1. The number of carbonyl (C=O) groups is 2. The van der Waals surface area contributed by atoms with Crippen LogP contribution >= 0.6 is 0 Å². The van der Waals surface area contributed by atoms with Crippen molar-refractivity contribution in [2.75, 3.05) is 6.61 Å². The van der Waals surface area contributed by atoms with Crippen molar-refractivity contribution in [3.8, 4) is 0 Å². The van der Waals surface area contributed by atoms with Crippen LogP contribution in [0.2, 0.25) is 0 Å². The largest absolute Gasteiger partial charge is 0.480 e. The maximum Gasteiger partial charge on any atom is 0.407 e. The van der Waals surface area contributed by atoms with E-state index in [0.717, 1.165) is 18.4 Å². The highest BCUT2D eigenvalue weighted by Crippen LogP contribution is 2.02. The van der Waals surface area contributed by atoms with Gasteiger partial charge >= 0.3 is 12.1 Å². The molecule has 0 fully saturated rings. The lowest BCUT2D eigenvalue weighted by molar-refractivity contribution is -0.139. The maximum absolute atomic E-state index is 11.4. The summed E-state index contributed by atoms with van der Waals surface area (Å²) < 4.78 is 4.87. The number of ether oxygens (including phenoxy) is 1. The fourth-order valence-electron chi connectivity index (χ4n) is 1.45. The highest BCUT2D eigenvalue weighted by atomic mass is 16.5. The fraction of sp³-hybridized carbons (Fsp3) is 0.462. The summed E-state index contributed by atoms with van der Waals surface area (Å²) in [6.07, 6.45) is 4.31. The fourth-order valence-corrected chi connectivity index (χ4v) is 1.45. The molecule has 104 valence electrons. The molecule has 0 saturated heterocycles. The Balaban J connectivity index is 2.49. The van der Waals surface area contributed by atoms with Gasteiger partial charge in [0.15, 0.2) is 0 Å². The van der Waals surface area contributed by atoms with Gasteiger partial charge in [0.1, 0.15) is 6.04 Å². The zero-order valence-electron chi connectivity index (χ0n) is 10.8. The van der Waals surface area contributed by atoms with Crippen LogP contribution in [0, 0.1) is 0 Å². The van der Waals surface area contributed by atoms with Crippen molar-refractivity contribution in [1.29, 1.82) is 0 Å². The predicted molar refractivity (Wildman–Crippen MR) is 68.8 cm³/mol. The zero-order chi connectivity index (χ0) is 14.1. The lowest BCUT2D eigenvalue weighted by Gasteiger charge is -2.14. The third kappa shape index (κ3) is 5.85. The number of carbonyl (C=O) groups excluding carboxylic acids is 1. The van der Waals surface area contributed by atoms with Gasteiger partial charge in [0.05, 0.1) is 6.61 Å². The van der Waals surface area contributed by atoms with Crippen LogP contribution in [0.5, 0.6) is 0 Å². The minimum Gasteiger partial charge on any atom is -0.480 e. The minimum atomic E-state index is -1.10. The van der Waals surface area contributed by atoms with E-state index >= 15 is 0 Å². The number of hydrogen-bond donors (Lipinski definition) is 2. The van der Waals surface area contributed by atoms with Crippen molar-refractivity contribution in [3.05, 3.63) is 30.1 Å². The Kier molecular flexibility index (Phi) is 6.35. The lowest BCUT2D eigenvalue weighted by atomic mass is 10.1. The quantitative estimate of drug-likeness (QED) is 0.732. The van der Waals surface area contributed by atoms with Gasteiger partial charge < -0.3 is 15.2 Å². The van der Waals surface area contributed by atoms with Crippen molar-refractivity contribution in [2.45, 2.75) is 32.2 Å². The van der Waals surface area contributed by atoms with Crippen LogP contribution in [0.15, 0.2) is 24.5 Å². The molecule has 19 heavy (non-hydrogen) atoms. The number of hydrogen-bond acceptors (Lipinski definition) is 4. The molecule has 1 heterocycles. The summed E-state index contributed by atoms with van der Waals surface area (Å²) in [4.78, 5) is 26.4. The Bertz CT molecular complexity index is 408. The molecular formula is C13H18N2O4. The topological polar surface area (TPSA) is 88.5 Å². The average molecular weight is 266 g/mol. The number of unbranched alkanes of at least 4 members (excludes halogenated alkanes) is 1. The molecule has 0 aliphatic heterocycles. The van der Waals surface area contributed by atoms with Crippen molar-refractivity contribution in [3.63, 3.8) is 0 Å². The Hall–Kier alpha value is -2.11. The van der Waals surface area contributed by atoms with Gasteiger partial charge in [-0.25, -0.2) is 9.59 Å². The van der Waals surface area contributed by atoms with E-state index in [1.165, 1.54) is 0 Å².